The van der Waals surface area contributed by atoms with Gasteiger partial charge in [-0.05, 0) is 49.0 Å². The average molecular weight is 455 g/mol. The summed E-state index contributed by atoms with van der Waals surface area (Å²) in [5.74, 6) is -0.418. The number of nitrogens with zero attached hydrogens (tertiary/aromatic N) is 3. The summed E-state index contributed by atoms with van der Waals surface area (Å²) in [6.45, 7) is 9.58. The lowest BCUT2D eigenvalue weighted by Crippen LogP contribution is -2.47. The summed E-state index contributed by atoms with van der Waals surface area (Å²) in [7, 11) is 1.81. The molecule has 0 saturated carbocycles. The second-order valence-electron chi connectivity index (χ2n) is 8.77. The number of thiophene rings is 1. The maximum atomic E-state index is 13.4. The first kappa shape index (κ1) is 23.0. The van der Waals surface area contributed by atoms with Crippen molar-refractivity contribution in [1.29, 1.82) is 0 Å². The lowest BCUT2D eigenvalue weighted by molar-refractivity contribution is -0.124. The van der Waals surface area contributed by atoms with Crippen LogP contribution < -0.4 is 5.32 Å². The number of carbonyl (C=O) groups excluding carboxylic acids is 2. The molecule has 2 amide bonds. The molecule has 1 N–H and O–H groups in total. The van der Waals surface area contributed by atoms with Gasteiger partial charge in [-0.3, -0.25) is 9.59 Å². The molecule has 0 radical (unpaired) electrons. The minimum Gasteiger partial charge on any atom is -0.355 e. The molecular weight excluding hydrogens is 420 g/mol. The highest BCUT2D eigenvalue weighted by atomic mass is 32.1. The van der Waals surface area contributed by atoms with Crippen molar-refractivity contribution < 1.29 is 9.59 Å². The highest BCUT2D eigenvalue weighted by molar-refractivity contribution is 7.10. The lowest BCUT2D eigenvalue weighted by Gasteiger charge is -2.39. The summed E-state index contributed by atoms with van der Waals surface area (Å²) in [5, 5.41) is 5.18. The first-order valence-electron chi connectivity index (χ1n) is 11.7. The monoisotopic (exact) mass is 454 g/mol. The molecule has 1 aromatic carbocycles. The third-order valence-corrected chi connectivity index (χ3v) is 7.59. The molecule has 0 aliphatic carbocycles. The van der Waals surface area contributed by atoms with E-state index in [-0.39, 0.29) is 17.9 Å². The van der Waals surface area contributed by atoms with E-state index in [0.717, 1.165) is 49.6 Å². The van der Waals surface area contributed by atoms with Crippen LogP contribution in [0.1, 0.15) is 52.5 Å². The molecule has 2 aliphatic rings. The Morgan fingerprint density at radius 3 is 2.47 bits per heavy atom. The van der Waals surface area contributed by atoms with Crippen LogP contribution in [0, 0.1) is 0 Å². The first-order valence-corrected chi connectivity index (χ1v) is 12.6. The minimum absolute atomic E-state index is 0.00275. The van der Waals surface area contributed by atoms with Gasteiger partial charge in [0.2, 0.25) is 5.91 Å². The average Bonchev–Trinajstić information content (AvgIpc) is 3.34. The van der Waals surface area contributed by atoms with E-state index in [2.05, 4.69) is 22.0 Å². The van der Waals surface area contributed by atoms with Crippen LogP contribution in [-0.4, -0.2) is 79.4 Å². The van der Waals surface area contributed by atoms with Crippen molar-refractivity contribution in [2.24, 2.45) is 0 Å². The van der Waals surface area contributed by atoms with Gasteiger partial charge in [0.05, 0.1) is 12.0 Å². The van der Waals surface area contributed by atoms with Gasteiger partial charge in [-0.2, -0.15) is 0 Å². The molecule has 2 atom stereocenters. The molecule has 1 fully saturated rings. The fraction of sp³-hybridized carbons (Fsp3) is 0.520. The zero-order valence-corrected chi connectivity index (χ0v) is 19.9. The predicted octanol–water partition coefficient (Wildman–Crippen LogP) is 3.19. The molecule has 2 aliphatic heterocycles. The van der Waals surface area contributed by atoms with Gasteiger partial charge >= 0.3 is 0 Å². The van der Waals surface area contributed by atoms with Crippen LogP contribution in [0.15, 0.2) is 41.8 Å². The van der Waals surface area contributed by atoms with Gasteiger partial charge in [-0.15, -0.1) is 11.3 Å². The van der Waals surface area contributed by atoms with Crippen molar-refractivity contribution in [1.82, 2.24) is 20.0 Å². The Bertz CT molecular complexity index is 908. The van der Waals surface area contributed by atoms with Gasteiger partial charge in [-0.1, -0.05) is 31.2 Å². The van der Waals surface area contributed by atoms with Crippen LogP contribution in [0.2, 0.25) is 0 Å². The van der Waals surface area contributed by atoms with E-state index in [9.17, 15) is 9.59 Å². The molecule has 4 rings (SSSR count). The topological polar surface area (TPSA) is 55.9 Å². The van der Waals surface area contributed by atoms with Gasteiger partial charge in [0.15, 0.2) is 0 Å². The lowest BCUT2D eigenvalue weighted by atomic mass is 9.81. The molecule has 3 heterocycles. The predicted molar refractivity (Wildman–Crippen MR) is 129 cm³/mol. The number of rotatable bonds is 8. The smallest absolute Gasteiger partial charge is 0.254 e. The number of nitrogens with one attached hydrogen (secondary N) is 1. The molecule has 0 bridgehead atoms. The van der Waals surface area contributed by atoms with Crippen molar-refractivity contribution in [2.45, 2.75) is 31.7 Å². The molecule has 2 aromatic rings. The first-order chi connectivity index (χ1) is 15.6. The minimum atomic E-state index is -0.398. The SMILES string of the molecule is CCCN1CCN(CCCNC(=O)C2c3ccccc3C(=O)N(C)C2c2cccs2)CC1. The molecule has 7 heteroatoms. The Kier molecular flexibility index (Phi) is 7.60. The number of hydrogen-bond acceptors (Lipinski definition) is 5. The molecule has 1 aromatic heterocycles. The molecular formula is C25H34N4O2S. The Morgan fingerprint density at radius 1 is 1.06 bits per heavy atom. The van der Waals surface area contributed by atoms with Crippen molar-refractivity contribution in [3.63, 3.8) is 0 Å². The van der Waals surface area contributed by atoms with Gasteiger partial charge in [0, 0.05) is 50.2 Å². The van der Waals surface area contributed by atoms with E-state index in [0.29, 0.717) is 12.1 Å². The Hall–Kier alpha value is -2.22. The molecule has 6 nitrogen and oxygen atoms in total. The fourth-order valence-electron chi connectivity index (χ4n) is 4.95. The summed E-state index contributed by atoms with van der Waals surface area (Å²) in [5.41, 5.74) is 1.46. The third kappa shape index (κ3) is 4.90. The van der Waals surface area contributed by atoms with Crippen molar-refractivity contribution >= 4 is 23.2 Å². The van der Waals surface area contributed by atoms with Gasteiger partial charge in [-0.25, -0.2) is 0 Å². The summed E-state index contributed by atoms with van der Waals surface area (Å²) in [6.07, 6.45) is 2.15. The Balaban J connectivity index is 1.39. The van der Waals surface area contributed by atoms with Crippen molar-refractivity contribution in [3.05, 3.63) is 57.8 Å². The number of piperazine rings is 1. The Morgan fingerprint density at radius 2 is 1.78 bits per heavy atom. The quantitative estimate of drug-likeness (QED) is 0.623. The van der Waals surface area contributed by atoms with Crippen molar-refractivity contribution in [2.75, 3.05) is 52.9 Å². The number of likely N-dealkylation sites (N-methyl/N-ethyl adjacent to an activating group) is 1. The zero-order valence-electron chi connectivity index (χ0n) is 19.1. The van der Waals surface area contributed by atoms with E-state index in [1.165, 1.54) is 13.0 Å². The zero-order chi connectivity index (χ0) is 22.5. The summed E-state index contributed by atoms with van der Waals surface area (Å²) >= 11 is 1.60. The summed E-state index contributed by atoms with van der Waals surface area (Å²) < 4.78 is 0. The van der Waals surface area contributed by atoms with E-state index in [4.69, 9.17) is 0 Å². The number of benzene rings is 1. The molecule has 0 spiro atoms. The maximum absolute atomic E-state index is 13.4. The summed E-state index contributed by atoms with van der Waals surface area (Å²) in [6, 6.07) is 11.3. The van der Waals surface area contributed by atoms with E-state index in [1.54, 1.807) is 23.3 Å². The highest BCUT2D eigenvalue weighted by Crippen LogP contribution is 2.43. The van der Waals surface area contributed by atoms with Gasteiger partial charge in [0.25, 0.3) is 5.91 Å². The van der Waals surface area contributed by atoms with E-state index in [1.807, 2.05) is 41.8 Å². The standard InChI is InChI=1S/C25H34N4O2S/c1-3-12-28-14-16-29(17-15-28)13-7-11-26-24(30)22-19-8-4-5-9-20(19)25(31)27(2)23(22)21-10-6-18-32-21/h4-6,8-10,18,22-23H,3,7,11-17H2,1-2H3,(H,26,30). The molecule has 32 heavy (non-hydrogen) atoms. The van der Waals surface area contributed by atoms with E-state index < -0.39 is 5.92 Å². The van der Waals surface area contributed by atoms with Crippen LogP contribution in [0.25, 0.3) is 0 Å². The van der Waals surface area contributed by atoms with Gasteiger partial charge in [0.1, 0.15) is 0 Å². The molecule has 1 saturated heterocycles. The van der Waals surface area contributed by atoms with Crippen molar-refractivity contribution in [3.8, 4) is 0 Å². The van der Waals surface area contributed by atoms with Crippen LogP contribution in [-0.2, 0) is 4.79 Å². The normalized spacial score (nSPS) is 22.1. The third-order valence-electron chi connectivity index (χ3n) is 6.65. The number of fused-ring (bicyclic) bond motifs is 1. The van der Waals surface area contributed by atoms with Crippen LogP contribution in [0.5, 0.6) is 0 Å². The second kappa shape index (κ2) is 10.6. The van der Waals surface area contributed by atoms with Crippen LogP contribution in [0.3, 0.4) is 0 Å². The second-order valence-corrected chi connectivity index (χ2v) is 9.75. The van der Waals surface area contributed by atoms with Crippen LogP contribution >= 0.6 is 11.3 Å². The number of carbonyl (C=O) groups is 2. The largest absolute Gasteiger partial charge is 0.355 e. The Labute approximate surface area is 195 Å². The highest BCUT2D eigenvalue weighted by Gasteiger charge is 2.42. The fourth-order valence-corrected chi connectivity index (χ4v) is 5.85. The van der Waals surface area contributed by atoms with Gasteiger partial charge < -0.3 is 20.0 Å². The maximum Gasteiger partial charge on any atom is 0.254 e. The molecule has 172 valence electrons. The number of hydrogen-bond donors (Lipinski definition) is 1. The van der Waals surface area contributed by atoms with E-state index >= 15 is 0 Å². The summed E-state index contributed by atoms with van der Waals surface area (Å²) in [4.78, 5) is 34.2. The molecule has 2 unspecified atom stereocenters. The number of amides is 2. The van der Waals surface area contributed by atoms with Crippen LogP contribution in [0.4, 0.5) is 0 Å².